The minimum absolute atomic E-state index is 0.626. The van der Waals surface area contributed by atoms with Crippen molar-refractivity contribution in [2.24, 2.45) is 0 Å². The molecule has 1 aromatic rings. The molecule has 0 spiro atoms. The summed E-state index contributed by atoms with van der Waals surface area (Å²) < 4.78 is 0. The lowest BCUT2D eigenvalue weighted by Crippen LogP contribution is -2.39. The molecule has 0 heterocycles. The van der Waals surface area contributed by atoms with Crippen LogP contribution in [0.2, 0.25) is 40.9 Å². The first-order valence-corrected chi connectivity index (χ1v) is 6.06. The van der Waals surface area contributed by atoms with Crippen LogP contribution in [0.3, 0.4) is 0 Å². The van der Waals surface area contributed by atoms with E-state index in [0.29, 0.717) is 20.1 Å². The van der Waals surface area contributed by atoms with Gasteiger partial charge in [0, 0.05) is 0 Å². The van der Waals surface area contributed by atoms with Gasteiger partial charge in [0.1, 0.15) is 0 Å². The van der Waals surface area contributed by atoms with Gasteiger partial charge in [-0.3, -0.25) is 0 Å². The summed E-state index contributed by atoms with van der Waals surface area (Å²) in [6.45, 7) is 15.5. The van der Waals surface area contributed by atoms with Gasteiger partial charge in [-0.05, 0) is 0 Å². The zero-order valence-corrected chi connectivity index (χ0v) is 11.0. The van der Waals surface area contributed by atoms with E-state index in [1.165, 1.54) is 16.4 Å². The predicted octanol–water partition coefficient (Wildman–Crippen LogP) is 1.57. The molecule has 0 atom stereocenters. The molecule has 0 unspecified atom stereocenters. The minimum Gasteiger partial charge on any atom is -0.0819 e. The second-order valence-corrected chi connectivity index (χ2v) is 5.40. The van der Waals surface area contributed by atoms with Crippen molar-refractivity contribution < 1.29 is 0 Å². The second-order valence-electron chi connectivity index (χ2n) is 5.40. The largest absolute Gasteiger partial charge is 0.169 e. The van der Waals surface area contributed by atoms with E-state index in [2.05, 4.69) is 59.1 Å². The van der Waals surface area contributed by atoms with E-state index in [4.69, 9.17) is 0 Å². The van der Waals surface area contributed by atoms with E-state index in [0.717, 1.165) is 0 Å². The Balaban J connectivity index is 3.20. The summed E-state index contributed by atoms with van der Waals surface area (Å²) in [5.74, 6) is 0. The molecule has 0 bridgehead atoms. The Bertz CT molecular complexity index is 265. The third-order valence-electron chi connectivity index (χ3n) is 3.00. The standard InChI is InChI=1S/C12H21B3/c1-13(2)10-7-11(14(3)4)9-12(8-10)15(5)6/h7-9H,1-6H3. The average molecular weight is 198 g/mol. The molecule has 0 aliphatic carbocycles. The summed E-state index contributed by atoms with van der Waals surface area (Å²) in [5.41, 5.74) is 4.43. The summed E-state index contributed by atoms with van der Waals surface area (Å²) in [7, 11) is 0. The molecule has 0 nitrogen and oxygen atoms in total. The molecule has 0 aromatic heterocycles. The van der Waals surface area contributed by atoms with Crippen molar-refractivity contribution in [2.45, 2.75) is 40.9 Å². The zero-order chi connectivity index (χ0) is 11.6. The molecule has 1 aromatic carbocycles. The van der Waals surface area contributed by atoms with E-state index in [1.807, 2.05) is 0 Å². The van der Waals surface area contributed by atoms with Gasteiger partial charge >= 0.3 is 0 Å². The van der Waals surface area contributed by atoms with Crippen molar-refractivity contribution in [1.29, 1.82) is 0 Å². The quantitative estimate of drug-likeness (QED) is 0.646. The first kappa shape index (κ1) is 12.5. The van der Waals surface area contributed by atoms with Gasteiger partial charge in [0.2, 0.25) is 0 Å². The van der Waals surface area contributed by atoms with Gasteiger partial charge in [-0.15, -0.1) is 0 Å². The molecule has 0 N–H and O–H groups in total. The monoisotopic (exact) mass is 198 g/mol. The fourth-order valence-corrected chi connectivity index (χ4v) is 1.70. The maximum atomic E-state index is 2.36. The van der Waals surface area contributed by atoms with Crippen LogP contribution in [0.1, 0.15) is 0 Å². The van der Waals surface area contributed by atoms with Crippen molar-refractivity contribution >= 4 is 36.5 Å². The Labute approximate surface area is 96.1 Å². The molecule has 0 radical (unpaired) electrons. The van der Waals surface area contributed by atoms with E-state index in [1.54, 1.807) is 0 Å². The molecule has 0 saturated carbocycles. The predicted molar refractivity (Wildman–Crippen MR) is 77.8 cm³/mol. The summed E-state index contributed by atoms with van der Waals surface area (Å²) >= 11 is 0. The number of hydrogen-bond donors (Lipinski definition) is 0. The Kier molecular flexibility index (Phi) is 4.13. The fraction of sp³-hybridized carbons (Fsp3) is 0.500. The SMILES string of the molecule is CB(C)c1cc(B(C)C)cc(B(C)C)c1. The van der Waals surface area contributed by atoms with Gasteiger partial charge in [0.25, 0.3) is 0 Å². The molecule has 15 heavy (non-hydrogen) atoms. The third-order valence-corrected chi connectivity index (χ3v) is 3.00. The molecule has 78 valence electrons. The lowest BCUT2D eigenvalue weighted by atomic mass is 9.41. The first-order chi connectivity index (χ1) is 6.91. The lowest BCUT2D eigenvalue weighted by Gasteiger charge is -2.13. The van der Waals surface area contributed by atoms with Crippen LogP contribution in [0.5, 0.6) is 0 Å². The highest BCUT2D eigenvalue weighted by Gasteiger charge is 2.12. The molecular weight excluding hydrogens is 177 g/mol. The Morgan fingerprint density at radius 3 is 0.867 bits per heavy atom. The van der Waals surface area contributed by atoms with Crippen LogP contribution in [-0.2, 0) is 0 Å². The van der Waals surface area contributed by atoms with Crippen LogP contribution in [-0.4, -0.2) is 20.1 Å². The van der Waals surface area contributed by atoms with E-state index in [-0.39, 0.29) is 0 Å². The maximum absolute atomic E-state index is 2.36. The zero-order valence-electron chi connectivity index (χ0n) is 11.0. The summed E-state index contributed by atoms with van der Waals surface area (Å²) in [5, 5.41) is 0. The Hall–Kier alpha value is -0.585. The molecule has 0 fully saturated rings. The third kappa shape index (κ3) is 3.19. The molecule has 0 aliphatic heterocycles. The van der Waals surface area contributed by atoms with Gasteiger partial charge in [0.15, 0.2) is 20.1 Å². The number of benzene rings is 1. The minimum atomic E-state index is 0.626. The Morgan fingerprint density at radius 1 is 0.533 bits per heavy atom. The van der Waals surface area contributed by atoms with Gasteiger partial charge in [-0.2, -0.15) is 0 Å². The average Bonchev–Trinajstić information content (AvgIpc) is 2.16. The Morgan fingerprint density at radius 2 is 0.733 bits per heavy atom. The summed E-state index contributed by atoms with van der Waals surface area (Å²) in [4.78, 5) is 0. The normalized spacial score (nSPS) is 10.0. The van der Waals surface area contributed by atoms with Crippen LogP contribution in [0.4, 0.5) is 0 Å². The molecule has 1 rings (SSSR count). The van der Waals surface area contributed by atoms with Crippen molar-refractivity contribution in [3.8, 4) is 0 Å². The number of rotatable bonds is 3. The van der Waals surface area contributed by atoms with Crippen LogP contribution < -0.4 is 16.4 Å². The van der Waals surface area contributed by atoms with Crippen molar-refractivity contribution in [3.05, 3.63) is 18.2 Å². The van der Waals surface area contributed by atoms with Gasteiger partial charge in [0.05, 0.1) is 0 Å². The van der Waals surface area contributed by atoms with E-state index >= 15 is 0 Å². The molecular formula is C12H21B3. The van der Waals surface area contributed by atoms with E-state index < -0.39 is 0 Å². The van der Waals surface area contributed by atoms with Crippen LogP contribution in [0.15, 0.2) is 18.2 Å². The summed E-state index contributed by atoms with van der Waals surface area (Å²) in [6, 6.07) is 7.09. The highest BCUT2D eigenvalue weighted by atomic mass is 13.9. The number of hydrogen-bond acceptors (Lipinski definition) is 0. The van der Waals surface area contributed by atoms with Crippen LogP contribution in [0, 0.1) is 0 Å². The van der Waals surface area contributed by atoms with Crippen LogP contribution in [0.25, 0.3) is 0 Å². The topological polar surface area (TPSA) is 0 Å². The lowest BCUT2D eigenvalue weighted by molar-refractivity contribution is 1.78. The van der Waals surface area contributed by atoms with Crippen molar-refractivity contribution in [3.63, 3.8) is 0 Å². The smallest absolute Gasteiger partial charge is 0.0819 e. The second kappa shape index (κ2) is 4.96. The summed E-state index contributed by atoms with van der Waals surface area (Å²) in [6.07, 6.45) is 0. The van der Waals surface area contributed by atoms with Crippen molar-refractivity contribution in [1.82, 2.24) is 0 Å². The van der Waals surface area contributed by atoms with Crippen LogP contribution >= 0.6 is 0 Å². The van der Waals surface area contributed by atoms with E-state index in [9.17, 15) is 0 Å². The molecule has 0 saturated heterocycles. The highest BCUT2D eigenvalue weighted by molar-refractivity contribution is 6.77. The van der Waals surface area contributed by atoms with Gasteiger partial charge < -0.3 is 0 Å². The van der Waals surface area contributed by atoms with Crippen molar-refractivity contribution in [2.75, 3.05) is 0 Å². The maximum Gasteiger partial charge on any atom is 0.169 e. The fourth-order valence-electron chi connectivity index (χ4n) is 1.70. The highest BCUT2D eigenvalue weighted by Crippen LogP contribution is 1.91. The molecule has 0 amide bonds. The molecule has 0 aliphatic rings. The van der Waals surface area contributed by atoms with Gasteiger partial charge in [-0.1, -0.05) is 75.5 Å². The first-order valence-electron chi connectivity index (χ1n) is 6.06. The van der Waals surface area contributed by atoms with Gasteiger partial charge in [-0.25, -0.2) is 0 Å². The molecule has 3 heteroatoms.